The number of halogens is 3. The zero-order valence-corrected chi connectivity index (χ0v) is 21.6. The first-order chi connectivity index (χ1) is 13.8. The number of nitrogens with one attached hydrogen (secondary N) is 2. The molecule has 164 valence electrons. The molecule has 0 amide bonds. The molecule has 2 aromatic rings. The Bertz CT molecular complexity index is 733. The number of likely N-dealkylation sites (N-methyl/N-ethyl adjacent to an activating group) is 2. The Balaban J connectivity index is 0.000000477. The molecule has 0 saturated carbocycles. The Morgan fingerprint density at radius 2 is 2.03 bits per heavy atom. The topological polar surface area (TPSA) is 53.2 Å². The van der Waals surface area contributed by atoms with Gasteiger partial charge in [0.2, 0.25) is 0 Å². The van der Waals surface area contributed by atoms with E-state index in [1.807, 2.05) is 14.1 Å². The number of nitrogens with zero attached hydrogens (tertiary/aromatic N) is 2. The van der Waals surface area contributed by atoms with Crippen molar-refractivity contribution in [2.45, 2.75) is 25.6 Å². The van der Waals surface area contributed by atoms with Gasteiger partial charge < -0.3 is 21.9 Å². The van der Waals surface area contributed by atoms with E-state index in [9.17, 15) is 13.2 Å². The van der Waals surface area contributed by atoms with Crippen LogP contribution in [0.1, 0.15) is 24.0 Å². The van der Waals surface area contributed by atoms with Crippen molar-refractivity contribution in [2.75, 3.05) is 40.4 Å². The van der Waals surface area contributed by atoms with Crippen LogP contribution in [0.3, 0.4) is 0 Å². The quantitative estimate of drug-likeness (QED) is 0.469. The van der Waals surface area contributed by atoms with E-state index >= 15 is 0 Å². The van der Waals surface area contributed by atoms with E-state index in [0.717, 1.165) is 56.8 Å². The van der Waals surface area contributed by atoms with Crippen LogP contribution < -0.4 is 5.32 Å². The van der Waals surface area contributed by atoms with Crippen molar-refractivity contribution >= 4 is 0 Å². The smallest absolute Gasteiger partial charge is 0.382 e. The molecule has 1 aliphatic heterocycles. The average molecular weight is 649 g/mol. The second-order valence-corrected chi connectivity index (χ2v) is 7.18. The number of alkyl halides is 3. The summed E-state index contributed by atoms with van der Waals surface area (Å²) >= 11 is 0. The van der Waals surface area contributed by atoms with E-state index in [0.29, 0.717) is 23.7 Å². The zero-order valence-electron chi connectivity index (χ0n) is 17.5. The summed E-state index contributed by atoms with van der Waals surface area (Å²) in [4.78, 5) is 2.07. The van der Waals surface area contributed by atoms with Crippen molar-refractivity contribution in [1.29, 1.82) is 0 Å². The predicted molar refractivity (Wildman–Crippen MR) is 107 cm³/mol. The molecule has 5 nitrogen and oxygen atoms in total. The molecule has 3 rings (SSSR count). The molecule has 2 heterocycles. The van der Waals surface area contributed by atoms with Crippen LogP contribution in [0, 0.1) is 50.0 Å². The van der Waals surface area contributed by atoms with Crippen molar-refractivity contribution in [3.8, 4) is 11.3 Å². The van der Waals surface area contributed by atoms with Crippen LogP contribution in [0.5, 0.6) is 0 Å². The standard InChI is InChI=1S/C15H18F3N4.C6H11O.U/c1-19-6-7-22(2)10-12-9-20-21-14(12)11-4-3-5-13(8-11)15(16,17)18;1-6-2-4-7-5-3-6;/h4-5,8-9,19H,6-7,10H2,1-2H3,(H,20,21);6H,1-5H2;/q2*-1;+2. The van der Waals surface area contributed by atoms with Crippen LogP contribution in [0.25, 0.3) is 11.3 Å². The van der Waals surface area contributed by atoms with Crippen LogP contribution in [-0.4, -0.2) is 55.5 Å². The first-order valence-corrected chi connectivity index (χ1v) is 9.66. The fourth-order valence-electron chi connectivity index (χ4n) is 2.88. The van der Waals surface area contributed by atoms with Crippen molar-refractivity contribution in [3.63, 3.8) is 0 Å². The molecule has 1 aromatic carbocycles. The van der Waals surface area contributed by atoms with Crippen molar-refractivity contribution in [1.82, 2.24) is 20.4 Å². The van der Waals surface area contributed by atoms with Crippen LogP contribution in [0.2, 0.25) is 0 Å². The van der Waals surface area contributed by atoms with E-state index in [-0.39, 0.29) is 31.1 Å². The SMILES string of the molecule is CNCCN(C)Cc1cn[nH]c1-c1c[c-]cc(C(F)(F)F)c1.[CH2-]C1CCOCC1.[U+2]. The van der Waals surface area contributed by atoms with Crippen molar-refractivity contribution in [3.05, 3.63) is 48.5 Å². The van der Waals surface area contributed by atoms with Gasteiger partial charge in [-0.25, -0.2) is 0 Å². The molecule has 30 heavy (non-hydrogen) atoms. The minimum Gasteiger partial charge on any atom is -0.382 e. The van der Waals surface area contributed by atoms with Gasteiger partial charge in [0.05, 0.1) is 6.20 Å². The second-order valence-electron chi connectivity index (χ2n) is 7.18. The molecular weight excluding hydrogens is 619 g/mol. The maximum atomic E-state index is 12.8. The van der Waals surface area contributed by atoms with Gasteiger partial charge in [-0.2, -0.15) is 48.5 Å². The summed E-state index contributed by atoms with van der Waals surface area (Å²) in [6.45, 7) is 8.03. The largest absolute Gasteiger partial charge is 2.00 e. The Kier molecular flexibility index (Phi) is 12.3. The Labute approximate surface area is 200 Å². The third-order valence-electron chi connectivity index (χ3n) is 4.65. The summed E-state index contributed by atoms with van der Waals surface area (Å²) in [6.07, 6.45) is -0.429. The first kappa shape index (κ1) is 27.2. The summed E-state index contributed by atoms with van der Waals surface area (Å²) in [5.74, 6) is 0.661. The zero-order chi connectivity index (χ0) is 21.3. The number of hydrogen-bond donors (Lipinski definition) is 2. The van der Waals surface area contributed by atoms with Crippen LogP contribution in [0.4, 0.5) is 13.2 Å². The third kappa shape index (κ3) is 9.11. The molecule has 0 radical (unpaired) electrons. The number of ether oxygens (including phenoxy) is 1. The van der Waals surface area contributed by atoms with Gasteiger partial charge in [0.15, 0.2) is 0 Å². The molecule has 1 saturated heterocycles. The van der Waals surface area contributed by atoms with Crippen molar-refractivity contribution < 1.29 is 49.0 Å². The number of aromatic amines is 1. The van der Waals surface area contributed by atoms with Gasteiger partial charge in [0.1, 0.15) is 0 Å². The number of aromatic nitrogens is 2. The van der Waals surface area contributed by atoms with Gasteiger partial charge in [-0.05, 0) is 19.7 Å². The fraction of sp³-hybridized carbons (Fsp3) is 0.524. The molecule has 9 heteroatoms. The minimum absolute atomic E-state index is 0. The normalized spacial score (nSPS) is 14.8. The number of H-pyrrole nitrogens is 1. The summed E-state index contributed by atoms with van der Waals surface area (Å²) < 4.78 is 43.5. The molecule has 1 aromatic heterocycles. The van der Waals surface area contributed by atoms with Crippen LogP contribution >= 0.6 is 0 Å². The summed E-state index contributed by atoms with van der Waals surface area (Å²) in [5.41, 5.74) is 1.17. The molecule has 0 atom stereocenters. The van der Waals surface area contributed by atoms with E-state index < -0.39 is 11.7 Å². The maximum absolute atomic E-state index is 12.8. The Morgan fingerprint density at radius 1 is 1.33 bits per heavy atom. The summed E-state index contributed by atoms with van der Waals surface area (Å²) in [7, 11) is 3.82. The van der Waals surface area contributed by atoms with E-state index in [1.54, 1.807) is 6.20 Å². The van der Waals surface area contributed by atoms with Gasteiger partial charge in [0.25, 0.3) is 0 Å². The molecule has 0 bridgehead atoms. The minimum atomic E-state index is -4.38. The summed E-state index contributed by atoms with van der Waals surface area (Å²) in [6, 6.07) is 6.13. The Morgan fingerprint density at radius 3 is 2.60 bits per heavy atom. The molecule has 0 aliphatic carbocycles. The molecule has 2 N–H and O–H groups in total. The number of hydrogen-bond acceptors (Lipinski definition) is 4. The Hall–Kier alpha value is -0.848. The van der Waals surface area contributed by atoms with Gasteiger partial charge in [-0.3, -0.25) is 5.10 Å². The van der Waals surface area contributed by atoms with Crippen molar-refractivity contribution in [2.24, 2.45) is 5.92 Å². The third-order valence-corrected chi connectivity index (χ3v) is 4.65. The molecule has 1 fully saturated rings. The fourth-order valence-corrected chi connectivity index (χ4v) is 2.88. The van der Waals surface area contributed by atoms with E-state index in [2.05, 4.69) is 33.4 Å². The van der Waals surface area contributed by atoms with Gasteiger partial charge in [-0.1, -0.05) is 18.4 Å². The van der Waals surface area contributed by atoms with Gasteiger partial charge in [-0.15, -0.1) is 5.56 Å². The second kappa shape index (κ2) is 13.5. The molecular formula is C21H29F3N4OU. The van der Waals surface area contributed by atoms with Gasteiger partial charge >= 0.3 is 37.3 Å². The molecule has 1 aliphatic rings. The van der Waals surface area contributed by atoms with E-state index in [4.69, 9.17) is 4.74 Å². The summed E-state index contributed by atoms with van der Waals surface area (Å²) in [5, 5.41) is 9.80. The molecule has 0 spiro atoms. The van der Waals surface area contributed by atoms with Crippen LogP contribution in [-0.2, 0) is 17.5 Å². The monoisotopic (exact) mass is 648 g/mol. The predicted octanol–water partition coefficient (Wildman–Crippen LogP) is 3.79. The average Bonchev–Trinajstić information content (AvgIpc) is 3.15. The number of rotatable bonds is 6. The number of benzene rings is 1. The first-order valence-electron chi connectivity index (χ1n) is 9.66. The van der Waals surface area contributed by atoms with E-state index in [1.165, 1.54) is 6.07 Å². The molecule has 0 unspecified atom stereocenters. The van der Waals surface area contributed by atoms with Crippen LogP contribution in [0.15, 0.2) is 24.4 Å². The maximum Gasteiger partial charge on any atom is 2.00 e. The van der Waals surface area contributed by atoms with Gasteiger partial charge in [0, 0.05) is 38.5 Å².